The first-order valence-corrected chi connectivity index (χ1v) is 4.41. The SMILES string of the molecule is CCc1nnc(CN[C@@H](C)C(=O)O)o1. The zero-order valence-corrected chi connectivity index (χ0v) is 8.15. The Kier molecular flexibility index (Phi) is 3.58. The summed E-state index contributed by atoms with van der Waals surface area (Å²) in [5, 5.41) is 18.8. The van der Waals surface area contributed by atoms with Gasteiger partial charge >= 0.3 is 5.97 Å². The lowest BCUT2D eigenvalue weighted by molar-refractivity contribution is -0.139. The molecule has 0 amide bonds. The highest BCUT2D eigenvalue weighted by Crippen LogP contribution is 1.99. The Balaban J connectivity index is 2.41. The van der Waals surface area contributed by atoms with E-state index < -0.39 is 12.0 Å². The molecule has 0 aliphatic heterocycles. The predicted octanol–water partition coefficient (Wildman–Crippen LogP) is 0.195. The van der Waals surface area contributed by atoms with Crippen molar-refractivity contribution in [3.8, 4) is 0 Å². The lowest BCUT2D eigenvalue weighted by Crippen LogP contribution is -2.33. The molecule has 1 heterocycles. The van der Waals surface area contributed by atoms with Gasteiger partial charge in [-0.05, 0) is 6.92 Å². The molecular formula is C8H13N3O3. The highest BCUT2D eigenvalue weighted by molar-refractivity contribution is 5.72. The summed E-state index contributed by atoms with van der Waals surface area (Å²) in [6, 6.07) is -0.619. The van der Waals surface area contributed by atoms with E-state index in [0.717, 1.165) is 0 Å². The van der Waals surface area contributed by atoms with Crippen molar-refractivity contribution in [3.63, 3.8) is 0 Å². The largest absolute Gasteiger partial charge is 0.480 e. The zero-order valence-electron chi connectivity index (χ0n) is 8.15. The highest BCUT2D eigenvalue weighted by atomic mass is 16.4. The molecule has 1 rings (SSSR count). The number of hydrogen-bond acceptors (Lipinski definition) is 5. The van der Waals surface area contributed by atoms with Crippen LogP contribution in [0.5, 0.6) is 0 Å². The van der Waals surface area contributed by atoms with E-state index in [9.17, 15) is 4.79 Å². The third-order valence-electron chi connectivity index (χ3n) is 1.74. The van der Waals surface area contributed by atoms with Crippen LogP contribution in [-0.2, 0) is 17.8 Å². The smallest absolute Gasteiger partial charge is 0.320 e. The number of nitrogens with one attached hydrogen (secondary N) is 1. The Hall–Kier alpha value is -1.43. The third-order valence-corrected chi connectivity index (χ3v) is 1.74. The minimum atomic E-state index is -0.903. The molecule has 0 spiro atoms. The molecular weight excluding hydrogens is 186 g/mol. The number of aromatic nitrogens is 2. The Morgan fingerprint density at radius 2 is 2.21 bits per heavy atom. The maximum atomic E-state index is 10.5. The molecule has 0 unspecified atom stereocenters. The molecule has 6 nitrogen and oxygen atoms in total. The third kappa shape index (κ3) is 2.81. The molecule has 2 N–H and O–H groups in total. The molecule has 0 aromatic carbocycles. The standard InChI is InChI=1S/C8H13N3O3/c1-3-6-10-11-7(14-6)4-9-5(2)8(12)13/h5,9H,3-4H2,1-2H3,(H,12,13)/t5-/m0/s1. The number of carbonyl (C=O) groups is 1. The zero-order chi connectivity index (χ0) is 10.6. The summed E-state index contributed by atoms with van der Waals surface area (Å²) in [7, 11) is 0. The van der Waals surface area contributed by atoms with Crippen molar-refractivity contribution in [1.29, 1.82) is 0 Å². The molecule has 0 fully saturated rings. The van der Waals surface area contributed by atoms with E-state index in [1.807, 2.05) is 6.92 Å². The van der Waals surface area contributed by atoms with Crippen LogP contribution in [0, 0.1) is 0 Å². The van der Waals surface area contributed by atoms with Crippen LogP contribution in [0.25, 0.3) is 0 Å². The number of carboxylic acids is 1. The Morgan fingerprint density at radius 1 is 1.57 bits per heavy atom. The summed E-state index contributed by atoms with van der Waals surface area (Å²) in [6.45, 7) is 3.74. The molecule has 1 aromatic heterocycles. The van der Waals surface area contributed by atoms with Crippen molar-refractivity contribution in [3.05, 3.63) is 11.8 Å². The van der Waals surface area contributed by atoms with Gasteiger partial charge in [-0.15, -0.1) is 10.2 Å². The van der Waals surface area contributed by atoms with Gasteiger partial charge in [0.1, 0.15) is 6.04 Å². The summed E-state index contributed by atoms with van der Waals surface area (Å²) in [5.74, 6) is 0.0694. The average Bonchev–Trinajstić information content (AvgIpc) is 2.61. The van der Waals surface area contributed by atoms with Gasteiger partial charge in [-0.25, -0.2) is 0 Å². The first kappa shape index (κ1) is 10.6. The van der Waals surface area contributed by atoms with Gasteiger partial charge in [0.15, 0.2) is 0 Å². The van der Waals surface area contributed by atoms with E-state index in [-0.39, 0.29) is 6.54 Å². The van der Waals surface area contributed by atoms with Crippen LogP contribution in [0.2, 0.25) is 0 Å². The lowest BCUT2D eigenvalue weighted by atomic mass is 10.3. The molecule has 0 saturated carbocycles. The second-order valence-electron chi connectivity index (χ2n) is 2.88. The van der Waals surface area contributed by atoms with Crippen molar-refractivity contribution in [2.75, 3.05) is 0 Å². The van der Waals surface area contributed by atoms with E-state index in [1.165, 1.54) is 0 Å². The van der Waals surface area contributed by atoms with Crippen LogP contribution in [-0.4, -0.2) is 27.3 Å². The Bertz CT molecular complexity index is 311. The fourth-order valence-electron chi connectivity index (χ4n) is 0.830. The van der Waals surface area contributed by atoms with Crippen LogP contribution in [0.4, 0.5) is 0 Å². The summed E-state index contributed by atoms with van der Waals surface area (Å²) in [4.78, 5) is 10.5. The van der Waals surface area contributed by atoms with Crippen LogP contribution in [0.15, 0.2) is 4.42 Å². The van der Waals surface area contributed by atoms with E-state index in [0.29, 0.717) is 18.2 Å². The van der Waals surface area contributed by atoms with Crippen molar-refractivity contribution in [2.24, 2.45) is 0 Å². The quantitative estimate of drug-likeness (QED) is 0.704. The summed E-state index contributed by atoms with van der Waals surface area (Å²) < 4.78 is 5.19. The van der Waals surface area contributed by atoms with Crippen LogP contribution < -0.4 is 5.32 Å². The minimum Gasteiger partial charge on any atom is -0.480 e. The van der Waals surface area contributed by atoms with E-state index in [1.54, 1.807) is 6.92 Å². The second-order valence-corrected chi connectivity index (χ2v) is 2.88. The molecule has 0 saturated heterocycles. The number of hydrogen-bond donors (Lipinski definition) is 2. The van der Waals surface area contributed by atoms with E-state index >= 15 is 0 Å². The molecule has 0 bridgehead atoms. The van der Waals surface area contributed by atoms with Gasteiger partial charge in [-0.2, -0.15) is 0 Å². The molecule has 6 heteroatoms. The lowest BCUT2D eigenvalue weighted by Gasteiger charge is -2.05. The molecule has 1 atom stereocenters. The van der Waals surface area contributed by atoms with Crippen molar-refractivity contribution >= 4 is 5.97 Å². The fourth-order valence-corrected chi connectivity index (χ4v) is 0.830. The van der Waals surface area contributed by atoms with E-state index in [4.69, 9.17) is 9.52 Å². The van der Waals surface area contributed by atoms with Gasteiger partial charge in [0, 0.05) is 6.42 Å². The van der Waals surface area contributed by atoms with Crippen molar-refractivity contribution in [2.45, 2.75) is 32.9 Å². The molecule has 14 heavy (non-hydrogen) atoms. The predicted molar refractivity (Wildman–Crippen MR) is 47.6 cm³/mol. The average molecular weight is 199 g/mol. The fraction of sp³-hybridized carbons (Fsp3) is 0.625. The van der Waals surface area contributed by atoms with Crippen molar-refractivity contribution in [1.82, 2.24) is 15.5 Å². The van der Waals surface area contributed by atoms with Gasteiger partial charge in [-0.1, -0.05) is 6.92 Å². The number of aryl methyl sites for hydroxylation is 1. The highest BCUT2D eigenvalue weighted by Gasteiger charge is 2.11. The normalized spacial score (nSPS) is 12.7. The molecule has 78 valence electrons. The van der Waals surface area contributed by atoms with Crippen molar-refractivity contribution < 1.29 is 14.3 Å². The monoisotopic (exact) mass is 199 g/mol. The molecule has 0 radical (unpaired) electrons. The van der Waals surface area contributed by atoms with Crippen LogP contribution >= 0.6 is 0 Å². The van der Waals surface area contributed by atoms with Gasteiger partial charge < -0.3 is 9.52 Å². The summed E-state index contributed by atoms with van der Waals surface area (Å²) in [5.41, 5.74) is 0. The number of rotatable bonds is 5. The second kappa shape index (κ2) is 4.71. The van der Waals surface area contributed by atoms with Crippen LogP contribution in [0.3, 0.4) is 0 Å². The first-order valence-electron chi connectivity index (χ1n) is 4.41. The Morgan fingerprint density at radius 3 is 2.71 bits per heavy atom. The molecule has 1 aromatic rings. The number of aliphatic carboxylic acids is 1. The maximum Gasteiger partial charge on any atom is 0.320 e. The summed E-state index contributed by atoms with van der Waals surface area (Å²) >= 11 is 0. The maximum absolute atomic E-state index is 10.5. The first-order chi connectivity index (χ1) is 6.63. The Labute approximate surface area is 81.3 Å². The van der Waals surface area contributed by atoms with E-state index in [2.05, 4.69) is 15.5 Å². The molecule has 0 aliphatic rings. The van der Waals surface area contributed by atoms with Crippen LogP contribution in [0.1, 0.15) is 25.6 Å². The topological polar surface area (TPSA) is 88.2 Å². The number of carboxylic acid groups (broad SMARTS) is 1. The number of nitrogens with zero attached hydrogens (tertiary/aromatic N) is 2. The van der Waals surface area contributed by atoms with Gasteiger partial charge in [0.05, 0.1) is 6.54 Å². The minimum absolute atomic E-state index is 0.278. The van der Waals surface area contributed by atoms with Gasteiger partial charge in [-0.3, -0.25) is 10.1 Å². The summed E-state index contributed by atoms with van der Waals surface area (Å²) in [6.07, 6.45) is 0.682. The molecule has 0 aliphatic carbocycles. The van der Waals surface area contributed by atoms with Gasteiger partial charge in [0.25, 0.3) is 0 Å². The van der Waals surface area contributed by atoms with Gasteiger partial charge in [0.2, 0.25) is 11.8 Å².